The second-order valence-electron chi connectivity index (χ2n) is 6.74. The molecule has 0 spiro atoms. The minimum Gasteiger partial charge on any atom is -0.496 e. The Morgan fingerprint density at radius 1 is 1.27 bits per heavy atom. The molecule has 1 aliphatic rings. The van der Waals surface area contributed by atoms with Crippen LogP contribution in [-0.4, -0.2) is 36.8 Å². The maximum absolute atomic E-state index is 12.1. The van der Waals surface area contributed by atoms with Gasteiger partial charge in [0.25, 0.3) is 0 Å². The average Bonchev–Trinajstić information content (AvgIpc) is 2.45. The maximum Gasteiger partial charge on any atom is 0.410 e. The van der Waals surface area contributed by atoms with E-state index in [9.17, 15) is 4.79 Å². The van der Waals surface area contributed by atoms with Crippen LogP contribution in [0, 0.1) is 0 Å². The highest BCUT2D eigenvalue weighted by molar-refractivity contribution is 5.68. The van der Waals surface area contributed by atoms with Gasteiger partial charge in [0.15, 0.2) is 0 Å². The van der Waals surface area contributed by atoms with Gasteiger partial charge >= 0.3 is 6.09 Å². The Bertz CT molecular complexity index is 529. The molecule has 0 atom stereocenters. The van der Waals surface area contributed by atoms with Crippen molar-refractivity contribution in [1.29, 1.82) is 0 Å². The number of likely N-dealkylation sites (tertiary alicyclic amines) is 1. The quantitative estimate of drug-likeness (QED) is 0.851. The monoisotopic (exact) mass is 306 g/mol. The molecule has 0 radical (unpaired) electrons. The minimum atomic E-state index is -0.450. The fourth-order valence-electron chi connectivity index (χ4n) is 2.76. The van der Waals surface area contributed by atoms with Crippen LogP contribution in [0.1, 0.15) is 45.1 Å². The summed E-state index contributed by atoms with van der Waals surface area (Å²) in [5.41, 5.74) is 7.22. The zero-order valence-electron chi connectivity index (χ0n) is 13.9. The lowest BCUT2D eigenvalue weighted by Crippen LogP contribution is -2.41. The highest BCUT2D eigenvalue weighted by atomic mass is 16.6. The Hall–Kier alpha value is -1.91. The number of carbonyl (C=O) groups excluding carboxylic acids is 1. The summed E-state index contributed by atoms with van der Waals surface area (Å²) in [6.07, 6.45) is 1.58. The average molecular weight is 306 g/mol. The van der Waals surface area contributed by atoms with E-state index in [4.69, 9.17) is 15.2 Å². The van der Waals surface area contributed by atoms with Gasteiger partial charge in [0.05, 0.1) is 7.11 Å². The van der Waals surface area contributed by atoms with E-state index in [1.165, 1.54) is 5.56 Å². The Morgan fingerprint density at radius 2 is 1.91 bits per heavy atom. The molecule has 1 aromatic rings. The highest BCUT2D eigenvalue weighted by Gasteiger charge is 2.28. The largest absolute Gasteiger partial charge is 0.496 e. The second-order valence-corrected chi connectivity index (χ2v) is 6.74. The molecule has 2 N–H and O–H groups in total. The van der Waals surface area contributed by atoms with E-state index in [1.807, 2.05) is 39.0 Å². The van der Waals surface area contributed by atoms with Gasteiger partial charge in [-0.15, -0.1) is 0 Å². The van der Waals surface area contributed by atoms with Gasteiger partial charge in [-0.05, 0) is 51.2 Å². The molecule has 1 heterocycles. The van der Waals surface area contributed by atoms with Crippen molar-refractivity contribution in [2.24, 2.45) is 0 Å². The van der Waals surface area contributed by atoms with Crippen molar-refractivity contribution in [3.63, 3.8) is 0 Å². The number of piperidine rings is 1. The summed E-state index contributed by atoms with van der Waals surface area (Å²) in [6, 6.07) is 5.79. The number of benzene rings is 1. The Labute approximate surface area is 132 Å². The van der Waals surface area contributed by atoms with Crippen molar-refractivity contribution in [3.8, 4) is 5.75 Å². The molecule has 1 saturated heterocycles. The number of nitrogens with two attached hydrogens (primary N) is 1. The molecule has 122 valence electrons. The molecule has 0 saturated carbocycles. The standard InChI is InChI=1S/C17H26N2O3/c1-17(2,3)22-16(20)19-9-7-12(8-10-19)14-6-5-13(18)11-15(14)21-4/h5-6,11-12H,7-10,18H2,1-4H3. The third kappa shape index (κ3) is 4.06. The van der Waals surface area contributed by atoms with Crippen molar-refractivity contribution in [1.82, 2.24) is 4.90 Å². The molecule has 2 rings (SSSR count). The first-order chi connectivity index (χ1) is 10.3. The SMILES string of the molecule is COc1cc(N)ccc1C1CCN(C(=O)OC(C)(C)C)CC1. The van der Waals surface area contributed by atoms with E-state index in [0.717, 1.165) is 18.6 Å². The van der Waals surface area contributed by atoms with Gasteiger partial charge < -0.3 is 20.1 Å². The summed E-state index contributed by atoms with van der Waals surface area (Å²) in [6.45, 7) is 7.06. The van der Waals surface area contributed by atoms with E-state index >= 15 is 0 Å². The van der Waals surface area contributed by atoms with Gasteiger partial charge in [-0.2, -0.15) is 0 Å². The van der Waals surface area contributed by atoms with Crippen LogP contribution in [0.15, 0.2) is 18.2 Å². The fourth-order valence-corrected chi connectivity index (χ4v) is 2.76. The summed E-state index contributed by atoms with van der Waals surface area (Å²) in [7, 11) is 1.66. The highest BCUT2D eigenvalue weighted by Crippen LogP contribution is 2.35. The number of hydrogen-bond acceptors (Lipinski definition) is 4. The van der Waals surface area contributed by atoms with Gasteiger partial charge in [0.1, 0.15) is 11.4 Å². The zero-order chi connectivity index (χ0) is 16.3. The molecule has 22 heavy (non-hydrogen) atoms. The number of ether oxygens (including phenoxy) is 2. The second kappa shape index (κ2) is 6.46. The number of carbonyl (C=O) groups is 1. The fraction of sp³-hybridized carbons (Fsp3) is 0.588. The molecule has 1 amide bonds. The lowest BCUT2D eigenvalue weighted by atomic mass is 9.89. The summed E-state index contributed by atoms with van der Waals surface area (Å²) < 4.78 is 10.9. The lowest BCUT2D eigenvalue weighted by molar-refractivity contribution is 0.0204. The van der Waals surface area contributed by atoms with Crippen LogP contribution in [0.3, 0.4) is 0 Å². The third-order valence-electron chi connectivity index (χ3n) is 3.84. The van der Waals surface area contributed by atoms with Crippen LogP contribution < -0.4 is 10.5 Å². The number of methoxy groups -OCH3 is 1. The van der Waals surface area contributed by atoms with E-state index in [0.29, 0.717) is 24.7 Å². The lowest BCUT2D eigenvalue weighted by Gasteiger charge is -2.34. The summed E-state index contributed by atoms with van der Waals surface area (Å²) in [5, 5.41) is 0. The molecule has 0 aromatic heterocycles. The van der Waals surface area contributed by atoms with Crippen molar-refractivity contribution >= 4 is 11.8 Å². The first-order valence-electron chi connectivity index (χ1n) is 7.71. The number of anilines is 1. The predicted octanol–water partition coefficient (Wildman–Crippen LogP) is 3.39. The third-order valence-corrected chi connectivity index (χ3v) is 3.84. The number of nitrogen functional groups attached to an aromatic ring is 1. The Morgan fingerprint density at radius 3 is 2.45 bits per heavy atom. The van der Waals surface area contributed by atoms with Crippen molar-refractivity contribution in [3.05, 3.63) is 23.8 Å². The van der Waals surface area contributed by atoms with Crippen molar-refractivity contribution < 1.29 is 14.3 Å². The maximum atomic E-state index is 12.1. The minimum absolute atomic E-state index is 0.227. The van der Waals surface area contributed by atoms with Crippen LogP contribution in [0.25, 0.3) is 0 Å². The van der Waals surface area contributed by atoms with Crippen molar-refractivity contribution in [2.45, 2.75) is 45.1 Å². The number of rotatable bonds is 2. The molecule has 1 aromatic carbocycles. The number of nitrogens with zero attached hydrogens (tertiary/aromatic N) is 1. The number of amides is 1. The van der Waals surface area contributed by atoms with Gasteiger partial charge in [0.2, 0.25) is 0 Å². The number of hydrogen-bond donors (Lipinski definition) is 1. The first kappa shape index (κ1) is 16.5. The molecule has 5 nitrogen and oxygen atoms in total. The van der Waals surface area contributed by atoms with Crippen LogP contribution >= 0.6 is 0 Å². The van der Waals surface area contributed by atoms with Crippen molar-refractivity contribution in [2.75, 3.05) is 25.9 Å². The molecular formula is C17H26N2O3. The van der Waals surface area contributed by atoms with E-state index in [2.05, 4.69) is 0 Å². The normalized spacial score (nSPS) is 16.5. The molecule has 5 heteroatoms. The topological polar surface area (TPSA) is 64.8 Å². The summed E-state index contributed by atoms with van der Waals surface area (Å²) >= 11 is 0. The van der Waals surface area contributed by atoms with Gasteiger partial charge in [-0.1, -0.05) is 6.07 Å². The van der Waals surface area contributed by atoms with Gasteiger partial charge in [-0.25, -0.2) is 4.79 Å². The Kier molecular flexibility index (Phi) is 4.84. The van der Waals surface area contributed by atoms with Crippen LogP contribution in [-0.2, 0) is 4.74 Å². The molecule has 0 unspecified atom stereocenters. The smallest absolute Gasteiger partial charge is 0.410 e. The molecule has 1 aliphatic heterocycles. The molecular weight excluding hydrogens is 280 g/mol. The van der Waals surface area contributed by atoms with Gasteiger partial charge in [0, 0.05) is 24.8 Å². The van der Waals surface area contributed by atoms with E-state index in [1.54, 1.807) is 12.0 Å². The molecule has 0 aliphatic carbocycles. The van der Waals surface area contributed by atoms with Crippen LogP contribution in [0.5, 0.6) is 5.75 Å². The van der Waals surface area contributed by atoms with E-state index in [-0.39, 0.29) is 6.09 Å². The van der Waals surface area contributed by atoms with Crippen LogP contribution in [0.2, 0.25) is 0 Å². The summed E-state index contributed by atoms with van der Waals surface area (Å²) in [5.74, 6) is 1.21. The Balaban J connectivity index is 1.99. The molecule has 0 bridgehead atoms. The van der Waals surface area contributed by atoms with Gasteiger partial charge in [-0.3, -0.25) is 0 Å². The van der Waals surface area contributed by atoms with E-state index < -0.39 is 5.60 Å². The zero-order valence-corrected chi connectivity index (χ0v) is 13.9. The molecule has 1 fully saturated rings. The summed E-state index contributed by atoms with van der Waals surface area (Å²) in [4.78, 5) is 13.9. The van der Waals surface area contributed by atoms with Crippen LogP contribution in [0.4, 0.5) is 10.5 Å². The first-order valence-corrected chi connectivity index (χ1v) is 7.71. The predicted molar refractivity (Wildman–Crippen MR) is 87.2 cm³/mol.